The number of hydrogen-bond acceptors (Lipinski definition) is 5. The number of piperidine rings is 1. The standard InChI is InChI=1S/C22H27N5O4/c1-13-16(14(2)25-24-13)11-23-20(29)22(3)8-5-9-27(12-22)19(28)15-6-7-18-17(10-15)26(4)21(30)31-18/h6-7,10H,5,8-9,11-12H2,1-4H3,(H,23,29)(H,24,25)/t22-/m0/s1. The molecule has 9 nitrogen and oxygen atoms in total. The van der Waals surface area contributed by atoms with Gasteiger partial charge in [-0.3, -0.25) is 19.3 Å². The molecule has 164 valence electrons. The summed E-state index contributed by atoms with van der Waals surface area (Å²) < 4.78 is 6.52. The number of nitrogens with zero attached hydrogens (tertiary/aromatic N) is 3. The Morgan fingerprint density at radius 3 is 2.81 bits per heavy atom. The number of amides is 2. The van der Waals surface area contributed by atoms with Crippen LogP contribution in [0.4, 0.5) is 0 Å². The summed E-state index contributed by atoms with van der Waals surface area (Å²) in [5, 5.41) is 10.1. The van der Waals surface area contributed by atoms with Gasteiger partial charge in [0.2, 0.25) is 5.91 Å². The van der Waals surface area contributed by atoms with Crippen molar-refractivity contribution in [3.63, 3.8) is 0 Å². The number of likely N-dealkylation sites (tertiary alicyclic amines) is 1. The minimum absolute atomic E-state index is 0.0716. The van der Waals surface area contributed by atoms with Crippen LogP contribution in [-0.4, -0.2) is 44.6 Å². The highest BCUT2D eigenvalue weighted by Crippen LogP contribution is 2.31. The lowest BCUT2D eigenvalue weighted by molar-refractivity contribution is -0.132. The van der Waals surface area contributed by atoms with Crippen LogP contribution in [0.3, 0.4) is 0 Å². The van der Waals surface area contributed by atoms with E-state index in [1.54, 1.807) is 30.1 Å². The normalized spacial score (nSPS) is 19.0. The van der Waals surface area contributed by atoms with E-state index in [1.807, 2.05) is 20.8 Å². The fraction of sp³-hybridized carbons (Fsp3) is 0.455. The topological polar surface area (TPSA) is 113 Å². The molecule has 1 aliphatic rings. The highest BCUT2D eigenvalue weighted by molar-refractivity contribution is 5.97. The Hall–Kier alpha value is -3.36. The lowest BCUT2D eigenvalue weighted by Gasteiger charge is -2.39. The van der Waals surface area contributed by atoms with E-state index in [9.17, 15) is 14.4 Å². The molecule has 1 saturated heterocycles. The smallest absolute Gasteiger partial charge is 0.408 e. The van der Waals surface area contributed by atoms with Gasteiger partial charge < -0.3 is 14.6 Å². The summed E-state index contributed by atoms with van der Waals surface area (Å²) in [7, 11) is 1.61. The molecular formula is C22H27N5O4. The molecule has 2 N–H and O–H groups in total. The van der Waals surface area contributed by atoms with E-state index in [1.165, 1.54) is 4.57 Å². The van der Waals surface area contributed by atoms with Gasteiger partial charge in [0.25, 0.3) is 5.91 Å². The van der Waals surface area contributed by atoms with Crippen molar-refractivity contribution in [3.8, 4) is 0 Å². The molecule has 0 unspecified atom stereocenters. The molecular weight excluding hydrogens is 398 g/mol. The van der Waals surface area contributed by atoms with Crippen LogP contribution in [-0.2, 0) is 18.4 Å². The Balaban J connectivity index is 1.49. The van der Waals surface area contributed by atoms with E-state index in [2.05, 4.69) is 15.5 Å². The number of aromatic nitrogens is 3. The molecule has 1 aromatic carbocycles. The van der Waals surface area contributed by atoms with Crippen LogP contribution in [0, 0.1) is 19.3 Å². The first-order chi connectivity index (χ1) is 14.7. The zero-order valence-electron chi connectivity index (χ0n) is 18.2. The average Bonchev–Trinajstić information content (AvgIpc) is 3.23. The molecule has 9 heteroatoms. The second-order valence-electron chi connectivity index (χ2n) is 8.60. The molecule has 0 bridgehead atoms. The number of hydrogen-bond donors (Lipinski definition) is 2. The Kier molecular flexibility index (Phi) is 5.20. The fourth-order valence-corrected chi connectivity index (χ4v) is 4.26. The number of benzene rings is 1. The summed E-state index contributed by atoms with van der Waals surface area (Å²) in [6.07, 6.45) is 1.45. The Morgan fingerprint density at radius 1 is 1.32 bits per heavy atom. The van der Waals surface area contributed by atoms with Crippen LogP contribution in [0.2, 0.25) is 0 Å². The summed E-state index contributed by atoms with van der Waals surface area (Å²) in [6, 6.07) is 4.96. The van der Waals surface area contributed by atoms with Gasteiger partial charge in [0.05, 0.1) is 16.6 Å². The highest BCUT2D eigenvalue weighted by Gasteiger charge is 2.39. The predicted molar refractivity (Wildman–Crippen MR) is 115 cm³/mol. The molecule has 0 radical (unpaired) electrons. The van der Waals surface area contributed by atoms with E-state index < -0.39 is 11.2 Å². The lowest BCUT2D eigenvalue weighted by Crippen LogP contribution is -2.51. The molecule has 0 aliphatic carbocycles. The van der Waals surface area contributed by atoms with Crippen molar-refractivity contribution in [1.29, 1.82) is 0 Å². The zero-order valence-corrected chi connectivity index (χ0v) is 18.2. The van der Waals surface area contributed by atoms with Crippen LogP contribution >= 0.6 is 0 Å². The van der Waals surface area contributed by atoms with Crippen LogP contribution in [0.5, 0.6) is 0 Å². The van der Waals surface area contributed by atoms with Crippen molar-refractivity contribution in [1.82, 2.24) is 25.0 Å². The minimum Gasteiger partial charge on any atom is -0.408 e. The highest BCUT2D eigenvalue weighted by atomic mass is 16.4. The maximum Gasteiger partial charge on any atom is 0.419 e. The molecule has 3 heterocycles. The van der Waals surface area contributed by atoms with E-state index in [-0.39, 0.29) is 11.8 Å². The minimum atomic E-state index is -0.675. The molecule has 2 amide bonds. The largest absolute Gasteiger partial charge is 0.419 e. The van der Waals surface area contributed by atoms with Gasteiger partial charge in [-0.05, 0) is 51.8 Å². The van der Waals surface area contributed by atoms with Gasteiger partial charge in [-0.15, -0.1) is 0 Å². The van der Waals surface area contributed by atoms with Crippen LogP contribution in [0.25, 0.3) is 11.1 Å². The van der Waals surface area contributed by atoms with Gasteiger partial charge >= 0.3 is 5.76 Å². The van der Waals surface area contributed by atoms with E-state index in [4.69, 9.17) is 4.42 Å². The molecule has 1 atom stereocenters. The zero-order chi connectivity index (χ0) is 22.3. The Morgan fingerprint density at radius 2 is 2.10 bits per heavy atom. The molecule has 3 aromatic rings. The number of oxazole rings is 1. The monoisotopic (exact) mass is 425 g/mol. The number of aryl methyl sites for hydroxylation is 3. The van der Waals surface area contributed by atoms with Gasteiger partial charge in [-0.2, -0.15) is 5.10 Å². The number of H-pyrrole nitrogens is 1. The van der Waals surface area contributed by atoms with E-state index >= 15 is 0 Å². The van der Waals surface area contributed by atoms with Crippen molar-refractivity contribution in [2.45, 2.75) is 40.2 Å². The SMILES string of the molecule is Cc1n[nH]c(C)c1CNC(=O)[C@@]1(C)CCCN(C(=O)c2ccc3oc(=O)n(C)c3c2)C1. The van der Waals surface area contributed by atoms with Gasteiger partial charge in [-0.1, -0.05) is 0 Å². The first-order valence-corrected chi connectivity index (χ1v) is 10.4. The molecule has 31 heavy (non-hydrogen) atoms. The Labute approximate surface area is 179 Å². The van der Waals surface area contributed by atoms with Gasteiger partial charge in [0.1, 0.15) is 0 Å². The fourth-order valence-electron chi connectivity index (χ4n) is 4.26. The van der Waals surface area contributed by atoms with Gasteiger partial charge in [0, 0.05) is 43.5 Å². The predicted octanol–water partition coefficient (Wildman–Crippen LogP) is 2.03. The molecule has 2 aromatic heterocycles. The van der Waals surface area contributed by atoms with Gasteiger partial charge in [-0.25, -0.2) is 4.79 Å². The van der Waals surface area contributed by atoms with Crippen molar-refractivity contribution < 1.29 is 14.0 Å². The lowest BCUT2D eigenvalue weighted by atomic mass is 9.80. The maximum absolute atomic E-state index is 13.2. The third-order valence-electron chi connectivity index (χ3n) is 6.28. The Bertz CT molecular complexity index is 1200. The number of fused-ring (bicyclic) bond motifs is 1. The van der Waals surface area contributed by atoms with E-state index in [0.717, 1.165) is 23.4 Å². The third kappa shape index (κ3) is 3.75. The third-order valence-corrected chi connectivity index (χ3v) is 6.28. The molecule has 1 aliphatic heterocycles. The van der Waals surface area contributed by atoms with Gasteiger partial charge in [0.15, 0.2) is 5.58 Å². The number of carbonyl (C=O) groups excluding carboxylic acids is 2. The van der Waals surface area contributed by atoms with Crippen LogP contribution in [0.1, 0.15) is 47.1 Å². The van der Waals surface area contributed by atoms with Crippen LogP contribution < -0.4 is 11.1 Å². The number of carbonyl (C=O) groups is 2. The summed E-state index contributed by atoms with van der Waals surface area (Å²) >= 11 is 0. The van der Waals surface area contributed by atoms with Crippen molar-refractivity contribution in [2.75, 3.05) is 13.1 Å². The molecule has 0 spiro atoms. The average molecular weight is 425 g/mol. The van der Waals surface area contributed by atoms with Crippen molar-refractivity contribution in [2.24, 2.45) is 12.5 Å². The van der Waals surface area contributed by atoms with Crippen molar-refractivity contribution >= 4 is 22.9 Å². The summed E-state index contributed by atoms with van der Waals surface area (Å²) in [5.74, 6) is -0.696. The first kappa shape index (κ1) is 20.9. The number of nitrogens with one attached hydrogen (secondary N) is 2. The number of rotatable bonds is 4. The van der Waals surface area contributed by atoms with Crippen molar-refractivity contribution in [3.05, 3.63) is 51.3 Å². The quantitative estimate of drug-likeness (QED) is 0.664. The van der Waals surface area contributed by atoms with E-state index in [0.29, 0.717) is 42.7 Å². The maximum atomic E-state index is 13.2. The molecule has 0 saturated carbocycles. The molecule has 1 fully saturated rings. The van der Waals surface area contributed by atoms with Crippen LogP contribution in [0.15, 0.2) is 27.4 Å². The second-order valence-corrected chi connectivity index (χ2v) is 8.60. The second kappa shape index (κ2) is 7.72. The molecule has 4 rings (SSSR count). The first-order valence-electron chi connectivity index (χ1n) is 10.4. The summed E-state index contributed by atoms with van der Waals surface area (Å²) in [4.78, 5) is 39.6. The summed E-state index contributed by atoms with van der Waals surface area (Å²) in [6.45, 7) is 7.06. The number of aromatic amines is 1. The summed E-state index contributed by atoms with van der Waals surface area (Å²) in [5.41, 5.74) is 3.60.